The minimum Gasteiger partial charge on any atom is -0.481 e. The monoisotopic (exact) mass is 325 g/mol. The Morgan fingerprint density at radius 2 is 1.13 bits per heavy atom. The smallest absolute Gasteiger partial charge is 0.481 e. The number of hydrogen-bond acceptors (Lipinski definition) is 1. The van der Waals surface area contributed by atoms with Gasteiger partial charge in [0.2, 0.25) is 0 Å². The zero-order valence-corrected chi connectivity index (χ0v) is 16.8. The first-order chi connectivity index (χ1) is 10.8. The summed E-state index contributed by atoms with van der Waals surface area (Å²) in [5.74, 6) is -0.715. The van der Waals surface area contributed by atoms with Crippen molar-refractivity contribution in [3.63, 3.8) is 0 Å². The molecular weight excluding hydrogens is 295 g/mol. The van der Waals surface area contributed by atoms with E-state index in [1.54, 1.807) is 0 Å². The molecule has 2 nitrogen and oxygen atoms in total. The van der Waals surface area contributed by atoms with Gasteiger partial charge in [0, 0.05) is 6.42 Å². The molecule has 0 saturated carbocycles. The quantitative estimate of drug-likeness (QED) is 0.321. The Labute approximate surface area is 164 Å². The van der Waals surface area contributed by atoms with Crippen LogP contribution in [0.1, 0.15) is 58.3 Å². The molecule has 0 radical (unpaired) electrons. The van der Waals surface area contributed by atoms with E-state index >= 15 is 0 Å². The van der Waals surface area contributed by atoms with Crippen molar-refractivity contribution in [3.8, 4) is 0 Å². The molecule has 0 saturated heterocycles. The molecule has 3 heteroatoms. The minimum atomic E-state index is -0.715. The molecule has 23 heavy (non-hydrogen) atoms. The van der Waals surface area contributed by atoms with Gasteiger partial charge in [-0.25, -0.2) is 0 Å². The molecule has 0 atom stereocenters. The van der Waals surface area contributed by atoms with Crippen LogP contribution in [-0.2, 0) is 4.79 Å². The average Bonchev–Trinajstić information content (AvgIpc) is 2.50. The molecule has 0 fully saturated rings. The second-order valence-corrected chi connectivity index (χ2v) is 4.99. The van der Waals surface area contributed by atoms with Gasteiger partial charge >= 0.3 is 35.5 Å². The fourth-order valence-electron chi connectivity index (χ4n) is 1.74. The zero-order chi connectivity index (χ0) is 16.3. The Bertz CT molecular complexity index is 404. The van der Waals surface area contributed by atoms with E-state index in [1.165, 1.54) is 0 Å². The summed E-state index contributed by atoms with van der Waals surface area (Å²) in [7, 11) is 0. The zero-order valence-electron chi connectivity index (χ0n) is 14.8. The van der Waals surface area contributed by atoms with E-state index in [1.807, 2.05) is 0 Å². The van der Waals surface area contributed by atoms with Crippen molar-refractivity contribution >= 4 is 5.97 Å². The van der Waals surface area contributed by atoms with Crippen molar-refractivity contribution in [2.45, 2.75) is 58.3 Å². The Balaban J connectivity index is 0. The number of carboxylic acid groups (broad SMARTS) is 1. The standard InChI is InChI=1S/C20H30O2.Na/c1-2-3-4-5-6-7-8-9-10-11-12-13-14-15-16-17-18-19-20(21)22;/h3-4,6-7,9-10,12-13,15-16H,2,5,8,11,14,17-19H2,1H3,(H,21,22);/q;+1/b4-3-,7-6-,10-9-,13-12-,16-15-;. The van der Waals surface area contributed by atoms with Crippen LogP contribution in [0.25, 0.3) is 0 Å². The predicted molar refractivity (Wildman–Crippen MR) is 95.9 cm³/mol. The SMILES string of the molecule is CC/C=C\C/C=C\C/C=C\C/C=C\C/C=C\CCCC(=O)O.[Na+]. The van der Waals surface area contributed by atoms with Gasteiger partial charge in [0.05, 0.1) is 0 Å². The van der Waals surface area contributed by atoms with Crippen LogP contribution in [0.3, 0.4) is 0 Å². The molecule has 0 aromatic rings. The molecular formula is C20H30NaO2+. The summed E-state index contributed by atoms with van der Waals surface area (Å²) in [5.41, 5.74) is 0. The second-order valence-electron chi connectivity index (χ2n) is 4.99. The number of unbranched alkanes of at least 4 members (excludes halogenated alkanes) is 1. The molecule has 0 aromatic heterocycles. The molecule has 0 aliphatic heterocycles. The minimum absolute atomic E-state index is 0. The molecule has 0 rings (SSSR count). The van der Waals surface area contributed by atoms with Gasteiger partial charge < -0.3 is 5.11 Å². The Kier molecular flexibility index (Phi) is 22.5. The van der Waals surface area contributed by atoms with Crippen LogP contribution < -0.4 is 29.6 Å². The third-order valence-corrected chi connectivity index (χ3v) is 2.92. The molecule has 0 heterocycles. The maximum Gasteiger partial charge on any atom is 1.00 e. The number of carbonyl (C=O) groups is 1. The average molecular weight is 325 g/mol. The third kappa shape index (κ3) is 23.6. The summed E-state index contributed by atoms with van der Waals surface area (Å²) in [6, 6.07) is 0. The maximum atomic E-state index is 10.3. The van der Waals surface area contributed by atoms with E-state index in [9.17, 15) is 4.79 Å². The number of allylic oxidation sites excluding steroid dienone is 10. The summed E-state index contributed by atoms with van der Waals surface area (Å²) in [4.78, 5) is 10.3. The van der Waals surface area contributed by atoms with Crippen molar-refractivity contribution in [1.29, 1.82) is 0 Å². The Morgan fingerprint density at radius 1 is 0.739 bits per heavy atom. The fraction of sp³-hybridized carbons (Fsp3) is 0.450. The summed E-state index contributed by atoms with van der Waals surface area (Å²) in [6.07, 6.45) is 28.4. The molecule has 0 spiro atoms. The second kappa shape index (κ2) is 21.2. The van der Waals surface area contributed by atoms with E-state index < -0.39 is 5.97 Å². The molecule has 0 unspecified atom stereocenters. The number of hydrogen-bond donors (Lipinski definition) is 1. The van der Waals surface area contributed by atoms with E-state index in [2.05, 4.69) is 67.7 Å². The maximum absolute atomic E-state index is 10.3. The van der Waals surface area contributed by atoms with Crippen LogP contribution in [0.4, 0.5) is 0 Å². The van der Waals surface area contributed by atoms with Gasteiger partial charge in [0.25, 0.3) is 0 Å². The van der Waals surface area contributed by atoms with Crippen molar-refractivity contribution in [2.24, 2.45) is 0 Å². The van der Waals surface area contributed by atoms with Gasteiger partial charge in [-0.3, -0.25) is 4.79 Å². The molecule has 0 amide bonds. The topological polar surface area (TPSA) is 37.3 Å². The van der Waals surface area contributed by atoms with E-state index in [4.69, 9.17) is 5.11 Å². The number of aliphatic carboxylic acids is 1. The van der Waals surface area contributed by atoms with Crippen LogP contribution in [-0.4, -0.2) is 11.1 Å². The summed E-state index contributed by atoms with van der Waals surface area (Å²) >= 11 is 0. The first-order valence-corrected chi connectivity index (χ1v) is 8.24. The van der Waals surface area contributed by atoms with Gasteiger partial charge in [-0.1, -0.05) is 67.7 Å². The summed E-state index contributed by atoms with van der Waals surface area (Å²) in [6.45, 7) is 2.14. The van der Waals surface area contributed by atoms with Crippen LogP contribution in [0.2, 0.25) is 0 Å². The first-order valence-electron chi connectivity index (χ1n) is 8.24. The van der Waals surface area contributed by atoms with Crippen LogP contribution >= 0.6 is 0 Å². The largest absolute Gasteiger partial charge is 1.00 e. The van der Waals surface area contributed by atoms with Crippen LogP contribution in [0, 0.1) is 0 Å². The Hall–Kier alpha value is -0.830. The van der Waals surface area contributed by atoms with E-state index in [0.717, 1.165) is 44.9 Å². The van der Waals surface area contributed by atoms with Gasteiger partial charge in [-0.05, 0) is 44.9 Å². The number of rotatable bonds is 13. The first kappa shape index (κ1) is 24.4. The Morgan fingerprint density at radius 3 is 1.52 bits per heavy atom. The van der Waals surface area contributed by atoms with E-state index in [0.29, 0.717) is 0 Å². The molecule has 0 bridgehead atoms. The molecule has 0 aliphatic carbocycles. The van der Waals surface area contributed by atoms with Crippen LogP contribution in [0.15, 0.2) is 60.8 Å². The van der Waals surface area contributed by atoms with Crippen molar-refractivity contribution in [3.05, 3.63) is 60.8 Å². The van der Waals surface area contributed by atoms with Gasteiger partial charge in [0.1, 0.15) is 0 Å². The van der Waals surface area contributed by atoms with Crippen LogP contribution in [0.5, 0.6) is 0 Å². The van der Waals surface area contributed by atoms with Crippen molar-refractivity contribution in [1.82, 2.24) is 0 Å². The summed E-state index contributed by atoms with van der Waals surface area (Å²) in [5, 5.41) is 8.49. The van der Waals surface area contributed by atoms with Gasteiger partial charge in [0.15, 0.2) is 0 Å². The van der Waals surface area contributed by atoms with Gasteiger partial charge in [-0.2, -0.15) is 0 Å². The normalized spacial score (nSPS) is 12.2. The molecule has 0 aromatic carbocycles. The van der Waals surface area contributed by atoms with Crippen molar-refractivity contribution < 1.29 is 39.5 Å². The van der Waals surface area contributed by atoms with E-state index in [-0.39, 0.29) is 36.0 Å². The van der Waals surface area contributed by atoms with Gasteiger partial charge in [-0.15, -0.1) is 0 Å². The predicted octanol–water partition coefficient (Wildman–Crippen LogP) is 3.00. The fourth-order valence-corrected chi connectivity index (χ4v) is 1.74. The molecule has 1 N–H and O–H groups in total. The molecule has 122 valence electrons. The summed E-state index contributed by atoms with van der Waals surface area (Å²) < 4.78 is 0. The molecule has 0 aliphatic rings. The number of carboxylic acids is 1. The van der Waals surface area contributed by atoms with Crippen molar-refractivity contribution in [2.75, 3.05) is 0 Å². The third-order valence-electron chi connectivity index (χ3n) is 2.92.